The Balaban J connectivity index is 1.79. The van der Waals surface area contributed by atoms with Gasteiger partial charge in [-0.2, -0.15) is 0 Å². The smallest absolute Gasteiger partial charge is 0.252 e. The Morgan fingerprint density at radius 2 is 1.69 bits per heavy atom. The number of hydrogen-bond acceptors (Lipinski definition) is 3. The van der Waals surface area contributed by atoms with Gasteiger partial charge < -0.3 is 14.6 Å². The molecular formula is C21H32N4O. The first kappa shape index (κ1) is 18.8. The Kier molecular flexibility index (Phi) is 5.87. The average molecular weight is 357 g/mol. The fourth-order valence-electron chi connectivity index (χ4n) is 3.71. The van der Waals surface area contributed by atoms with Gasteiger partial charge >= 0.3 is 0 Å². The Hall–Kier alpha value is -2.01. The molecule has 26 heavy (non-hydrogen) atoms. The van der Waals surface area contributed by atoms with Crippen molar-refractivity contribution in [2.75, 3.05) is 31.1 Å². The molecule has 2 aromatic heterocycles. The van der Waals surface area contributed by atoms with Crippen LogP contribution in [0, 0.1) is 0 Å². The zero-order valence-electron chi connectivity index (χ0n) is 16.5. The predicted octanol–water partition coefficient (Wildman–Crippen LogP) is 3.39. The van der Waals surface area contributed by atoms with Gasteiger partial charge in [-0.1, -0.05) is 13.8 Å². The van der Waals surface area contributed by atoms with Gasteiger partial charge in [0.1, 0.15) is 5.82 Å². The fourth-order valence-corrected chi connectivity index (χ4v) is 3.71. The van der Waals surface area contributed by atoms with Gasteiger partial charge in [-0.15, -0.1) is 0 Å². The second-order valence-electron chi connectivity index (χ2n) is 7.51. The number of nitrogens with zero attached hydrogens (tertiary/aromatic N) is 3. The number of carbonyl (C=O) groups excluding carboxylic acids is 1. The molecule has 1 N–H and O–H groups in total. The zero-order valence-corrected chi connectivity index (χ0v) is 16.5. The van der Waals surface area contributed by atoms with Gasteiger partial charge in [-0.3, -0.25) is 9.69 Å². The van der Waals surface area contributed by atoms with Crippen LogP contribution >= 0.6 is 0 Å². The SMILES string of the molecule is CCC(CC)NC(=O)c1ccc2ccc(N3CCN(C(C)C)CC3)n2c1. The van der Waals surface area contributed by atoms with Gasteiger partial charge in [0.05, 0.1) is 5.56 Å². The van der Waals surface area contributed by atoms with Crippen LogP contribution in [0.15, 0.2) is 30.5 Å². The summed E-state index contributed by atoms with van der Waals surface area (Å²) in [6.07, 6.45) is 3.90. The van der Waals surface area contributed by atoms with Crippen molar-refractivity contribution < 1.29 is 4.79 Å². The number of hydrogen-bond donors (Lipinski definition) is 1. The van der Waals surface area contributed by atoms with Crippen LogP contribution in [0.4, 0.5) is 5.82 Å². The molecule has 0 radical (unpaired) electrons. The van der Waals surface area contributed by atoms with Crippen LogP contribution in [0.2, 0.25) is 0 Å². The van der Waals surface area contributed by atoms with Gasteiger partial charge in [-0.05, 0) is 51.0 Å². The van der Waals surface area contributed by atoms with Gasteiger partial charge in [-0.25, -0.2) is 0 Å². The highest BCUT2D eigenvalue weighted by molar-refractivity contribution is 5.94. The number of fused-ring (bicyclic) bond motifs is 1. The first-order chi connectivity index (χ1) is 12.5. The molecule has 3 rings (SSSR count). The summed E-state index contributed by atoms with van der Waals surface area (Å²) in [5.41, 5.74) is 1.85. The van der Waals surface area contributed by atoms with E-state index in [1.165, 1.54) is 5.82 Å². The number of amides is 1. The Morgan fingerprint density at radius 3 is 2.31 bits per heavy atom. The first-order valence-electron chi connectivity index (χ1n) is 9.94. The highest BCUT2D eigenvalue weighted by Gasteiger charge is 2.21. The van der Waals surface area contributed by atoms with E-state index in [-0.39, 0.29) is 11.9 Å². The Labute approximate surface area is 157 Å². The van der Waals surface area contributed by atoms with Crippen molar-refractivity contribution in [2.45, 2.75) is 52.6 Å². The number of aromatic nitrogens is 1. The van der Waals surface area contributed by atoms with Crippen LogP contribution in [0.25, 0.3) is 5.52 Å². The lowest BCUT2D eigenvalue weighted by molar-refractivity contribution is 0.0934. The summed E-state index contributed by atoms with van der Waals surface area (Å²) < 4.78 is 2.16. The van der Waals surface area contributed by atoms with E-state index < -0.39 is 0 Å². The lowest BCUT2D eigenvalue weighted by atomic mass is 10.1. The van der Waals surface area contributed by atoms with E-state index in [2.05, 4.69) is 59.3 Å². The molecule has 1 aliphatic rings. The highest BCUT2D eigenvalue weighted by Crippen LogP contribution is 2.22. The van der Waals surface area contributed by atoms with E-state index in [9.17, 15) is 4.79 Å². The molecule has 1 aliphatic heterocycles. The molecule has 1 saturated heterocycles. The predicted molar refractivity (Wildman–Crippen MR) is 108 cm³/mol. The number of pyridine rings is 1. The topological polar surface area (TPSA) is 40.0 Å². The molecule has 142 valence electrons. The molecule has 5 heteroatoms. The molecular weight excluding hydrogens is 324 g/mol. The van der Waals surface area contributed by atoms with Gasteiger partial charge in [0.25, 0.3) is 5.91 Å². The molecule has 0 aromatic carbocycles. The molecule has 1 amide bonds. The maximum absolute atomic E-state index is 12.6. The van der Waals surface area contributed by atoms with Gasteiger partial charge in [0.2, 0.25) is 0 Å². The zero-order chi connectivity index (χ0) is 18.7. The molecule has 0 saturated carbocycles. The highest BCUT2D eigenvalue weighted by atomic mass is 16.1. The second-order valence-corrected chi connectivity index (χ2v) is 7.51. The number of carbonyl (C=O) groups is 1. The molecule has 0 unspecified atom stereocenters. The van der Waals surface area contributed by atoms with Crippen LogP contribution in [0.1, 0.15) is 50.9 Å². The van der Waals surface area contributed by atoms with Crippen LogP contribution in [-0.4, -0.2) is 53.5 Å². The van der Waals surface area contributed by atoms with E-state index in [0.29, 0.717) is 6.04 Å². The maximum Gasteiger partial charge on any atom is 0.252 e. The molecule has 1 fully saturated rings. The molecule has 5 nitrogen and oxygen atoms in total. The summed E-state index contributed by atoms with van der Waals surface area (Å²) in [5, 5.41) is 3.13. The summed E-state index contributed by atoms with van der Waals surface area (Å²) in [5.74, 6) is 1.20. The molecule has 0 atom stereocenters. The number of nitrogens with one attached hydrogen (secondary N) is 1. The third kappa shape index (κ3) is 3.88. The van der Waals surface area contributed by atoms with Crippen molar-refractivity contribution in [3.05, 3.63) is 36.0 Å². The van der Waals surface area contributed by atoms with E-state index >= 15 is 0 Å². The summed E-state index contributed by atoms with van der Waals surface area (Å²) in [6.45, 7) is 12.9. The lowest BCUT2D eigenvalue weighted by Crippen LogP contribution is -2.49. The lowest BCUT2D eigenvalue weighted by Gasteiger charge is -2.37. The molecule has 3 heterocycles. The second kappa shape index (κ2) is 8.12. The van der Waals surface area contributed by atoms with Crippen LogP contribution in [0.3, 0.4) is 0 Å². The standard InChI is InChI=1S/C21H32N4O/c1-5-18(6-2)22-21(26)17-7-8-19-9-10-20(25(19)15-17)24-13-11-23(12-14-24)16(3)4/h7-10,15-16,18H,5-6,11-14H2,1-4H3,(H,22,26). The summed E-state index contributed by atoms with van der Waals surface area (Å²) in [7, 11) is 0. The van der Waals surface area contributed by atoms with Gasteiger partial charge in [0, 0.05) is 50.0 Å². The Morgan fingerprint density at radius 1 is 1.04 bits per heavy atom. The van der Waals surface area contributed by atoms with Crippen LogP contribution < -0.4 is 10.2 Å². The summed E-state index contributed by atoms with van der Waals surface area (Å²) in [6, 6.07) is 9.10. The summed E-state index contributed by atoms with van der Waals surface area (Å²) >= 11 is 0. The largest absolute Gasteiger partial charge is 0.355 e. The minimum atomic E-state index is 0.0184. The number of piperazine rings is 1. The Bertz CT molecular complexity index is 740. The maximum atomic E-state index is 12.6. The quantitative estimate of drug-likeness (QED) is 0.862. The normalized spacial score (nSPS) is 16.0. The van der Waals surface area contributed by atoms with Crippen molar-refractivity contribution >= 4 is 17.2 Å². The van der Waals surface area contributed by atoms with Crippen molar-refractivity contribution in [1.82, 2.24) is 14.6 Å². The van der Waals surface area contributed by atoms with E-state index in [1.54, 1.807) is 0 Å². The van der Waals surface area contributed by atoms with Crippen molar-refractivity contribution in [2.24, 2.45) is 0 Å². The fraction of sp³-hybridized carbons (Fsp3) is 0.571. The van der Waals surface area contributed by atoms with Crippen molar-refractivity contribution in [3.63, 3.8) is 0 Å². The minimum Gasteiger partial charge on any atom is -0.355 e. The monoisotopic (exact) mass is 356 g/mol. The third-order valence-electron chi connectivity index (χ3n) is 5.58. The average Bonchev–Trinajstić information content (AvgIpc) is 3.09. The van der Waals surface area contributed by atoms with E-state index in [4.69, 9.17) is 0 Å². The van der Waals surface area contributed by atoms with Crippen molar-refractivity contribution in [1.29, 1.82) is 0 Å². The van der Waals surface area contributed by atoms with Crippen LogP contribution in [-0.2, 0) is 0 Å². The summed E-state index contributed by atoms with van der Waals surface area (Å²) in [4.78, 5) is 17.5. The molecule has 2 aromatic rings. The third-order valence-corrected chi connectivity index (χ3v) is 5.58. The van der Waals surface area contributed by atoms with E-state index in [0.717, 1.165) is 50.1 Å². The molecule has 0 spiro atoms. The first-order valence-corrected chi connectivity index (χ1v) is 9.94. The van der Waals surface area contributed by atoms with Gasteiger partial charge in [0.15, 0.2) is 0 Å². The molecule has 0 aliphatic carbocycles. The van der Waals surface area contributed by atoms with Crippen molar-refractivity contribution in [3.8, 4) is 0 Å². The minimum absolute atomic E-state index is 0.0184. The molecule has 0 bridgehead atoms. The van der Waals surface area contributed by atoms with E-state index in [1.807, 2.05) is 18.3 Å². The number of anilines is 1. The van der Waals surface area contributed by atoms with Crippen LogP contribution in [0.5, 0.6) is 0 Å². The number of rotatable bonds is 6.